The van der Waals surface area contributed by atoms with Crippen molar-refractivity contribution in [2.75, 3.05) is 20.7 Å². The molecule has 84 valence electrons. The van der Waals surface area contributed by atoms with Crippen molar-refractivity contribution >= 4 is 0 Å². The molecule has 0 saturated carbocycles. The van der Waals surface area contributed by atoms with E-state index in [1.165, 1.54) is 13.2 Å². The van der Waals surface area contributed by atoms with E-state index in [-0.39, 0.29) is 11.2 Å². The largest absolute Gasteiger partial charge is 0.494 e. The maximum atomic E-state index is 13.5. The number of rotatable bonds is 4. The summed E-state index contributed by atoms with van der Waals surface area (Å²) in [4.78, 5) is 0. The molecule has 0 atom stereocenters. The summed E-state index contributed by atoms with van der Waals surface area (Å²) in [6.45, 7) is 4.95. The Labute approximate surface area is 90.4 Å². The minimum absolute atomic E-state index is 0.0815. The quantitative estimate of drug-likeness (QED) is 0.825. The minimum Gasteiger partial charge on any atom is -0.494 e. The molecule has 0 unspecified atom stereocenters. The summed E-state index contributed by atoms with van der Waals surface area (Å²) in [7, 11) is 3.36. The molecule has 0 amide bonds. The summed E-state index contributed by atoms with van der Waals surface area (Å²) < 4.78 is 18.4. The first-order chi connectivity index (χ1) is 7.01. The van der Waals surface area contributed by atoms with Crippen LogP contribution in [0, 0.1) is 5.82 Å². The molecule has 0 aliphatic heterocycles. The normalized spacial score (nSPS) is 11.5. The van der Waals surface area contributed by atoms with Crippen molar-refractivity contribution in [3.63, 3.8) is 0 Å². The van der Waals surface area contributed by atoms with Crippen LogP contribution in [-0.4, -0.2) is 20.7 Å². The van der Waals surface area contributed by atoms with Crippen LogP contribution in [0.4, 0.5) is 4.39 Å². The van der Waals surface area contributed by atoms with Gasteiger partial charge in [0.15, 0.2) is 11.6 Å². The van der Waals surface area contributed by atoms with Crippen molar-refractivity contribution in [2.24, 2.45) is 0 Å². The van der Waals surface area contributed by atoms with Crippen LogP contribution in [0.15, 0.2) is 18.2 Å². The molecule has 0 bridgehead atoms. The van der Waals surface area contributed by atoms with Crippen molar-refractivity contribution in [1.82, 2.24) is 5.32 Å². The Balaban J connectivity index is 3.01. The van der Waals surface area contributed by atoms with E-state index in [4.69, 9.17) is 4.74 Å². The highest BCUT2D eigenvalue weighted by atomic mass is 19.1. The molecule has 0 radical (unpaired) electrons. The van der Waals surface area contributed by atoms with Crippen LogP contribution >= 0.6 is 0 Å². The fraction of sp³-hybridized carbons (Fsp3) is 0.500. The lowest BCUT2D eigenvalue weighted by atomic mass is 9.84. The fourth-order valence-corrected chi connectivity index (χ4v) is 1.63. The van der Waals surface area contributed by atoms with Gasteiger partial charge in [0, 0.05) is 12.0 Å². The maximum Gasteiger partial charge on any atom is 0.165 e. The number of likely N-dealkylation sites (N-methyl/N-ethyl adjacent to an activating group) is 1. The van der Waals surface area contributed by atoms with E-state index in [0.29, 0.717) is 5.75 Å². The number of nitrogens with one attached hydrogen (secondary N) is 1. The summed E-state index contributed by atoms with van der Waals surface area (Å²) in [5, 5.41) is 3.10. The third-order valence-electron chi connectivity index (χ3n) is 2.55. The third-order valence-corrected chi connectivity index (χ3v) is 2.55. The molecule has 1 aromatic carbocycles. The molecule has 0 aliphatic rings. The van der Waals surface area contributed by atoms with Gasteiger partial charge in [-0.1, -0.05) is 19.9 Å². The highest BCUT2D eigenvalue weighted by molar-refractivity contribution is 5.33. The summed E-state index contributed by atoms with van der Waals surface area (Å²) in [6.07, 6.45) is 0. The van der Waals surface area contributed by atoms with Crippen molar-refractivity contribution in [2.45, 2.75) is 19.3 Å². The van der Waals surface area contributed by atoms with Gasteiger partial charge in [-0.15, -0.1) is 0 Å². The van der Waals surface area contributed by atoms with Crippen molar-refractivity contribution in [3.8, 4) is 5.75 Å². The number of ether oxygens (including phenoxy) is 1. The molecule has 1 rings (SSSR count). The standard InChI is InChI=1S/C12H18FNO/c1-12(2,8-14-3)9-5-6-11(15-4)10(13)7-9/h5-7,14H,8H2,1-4H3. The first-order valence-corrected chi connectivity index (χ1v) is 5.00. The maximum absolute atomic E-state index is 13.5. The Hall–Kier alpha value is -1.09. The molecule has 0 fully saturated rings. The van der Waals surface area contributed by atoms with Gasteiger partial charge in [-0.05, 0) is 24.7 Å². The van der Waals surface area contributed by atoms with Crippen molar-refractivity contribution < 1.29 is 9.13 Å². The molecule has 0 saturated heterocycles. The highest BCUT2D eigenvalue weighted by Crippen LogP contribution is 2.26. The number of benzene rings is 1. The Morgan fingerprint density at radius 3 is 2.53 bits per heavy atom. The molecule has 0 heterocycles. The number of hydrogen-bond acceptors (Lipinski definition) is 2. The first kappa shape index (κ1) is 12.0. The molecular formula is C12H18FNO. The Bertz CT molecular complexity index is 336. The second-order valence-electron chi connectivity index (χ2n) is 4.26. The number of methoxy groups -OCH3 is 1. The van der Waals surface area contributed by atoms with Gasteiger partial charge in [-0.2, -0.15) is 0 Å². The van der Waals surface area contributed by atoms with Gasteiger partial charge in [0.05, 0.1) is 7.11 Å². The third kappa shape index (κ3) is 2.69. The van der Waals surface area contributed by atoms with Crippen LogP contribution in [0.2, 0.25) is 0 Å². The SMILES string of the molecule is CNCC(C)(C)c1ccc(OC)c(F)c1. The molecule has 0 aromatic heterocycles. The van der Waals surface area contributed by atoms with Gasteiger partial charge in [0.25, 0.3) is 0 Å². The van der Waals surface area contributed by atoms with Gasteiger partial charge in [0.1, 0.15) is 0 Å². The molecule has 0 spiro atoms. The van der Waals surface area contributed by atoms with Gasteiger partial charge < -0.3 is 10.1 Å². The second-order valence-corrected chi connectivity index (χ2v) is 4.26. The van der Waals surface area contributed by atoms with E-state index in [0.717, 1.165) is 12.1 Å². The smallest absolute Gasteiger partial charge is 0.165 e. The van der Waals surface area contributed by atoms with Gasteiger partial charge >= 0.3 is 0 Å². The topological polar surface area (TPSA) is 21.3 Å². The molecule has 1 aromatic rings. The predicted octanol–water partition coefficient (Wildman–Crippen LogP) is 2.33. The van der Waals surface area contributed by atoms with Crippen LogP contribution in [0.1, 0.15) is 19.4 Å². The van der Waals surface area contributed by atoms with Crippen LogP contribution in [0.3, 0.4) is 0 Å². The van der Waals surface area contributed by atoms with E-state index in [2.05, 4.69) is 19.2 Å². The zero-order chi connectivity index (χ0) is 11.5. The Morgan fingerprint density at radius 2 is 2.07 bits per heavy atom. The number of hydrogen-bond donors (Lipinski definition) is 1. The lowest BCUT2D eigenvalue weighted by molar-refractivity contribution is 0.384. The molecule has 0 aliphatic carbocycles. The fourth-order valence-electron chi connectivity index (χ4n) is 1.63. The minimum atomic E-state index is -0.306. The monoisotopic (exact) mass is 211 g/mol. The zero-order valence-corrected chi connectivity index (χ0v) is 9.73. The van der Waals surface area contributed by atoms with Gasteiger partial charge in [-0.3, -0.25) is 0 Å². The second kappa shape index (κ2) is 4.62. The van der Waals surface area contributed by atoms with E-state index in [1.807, 2.05) is 13.1 Å². The first-order valence-electron chi connectivity index (χ1n) is 5.00. The van der Waals surface area contributed by atoms with Crippen molar-refractivity contribution in [1.29, 1.82) is 0 Å². The van der Waals surface area contributed by atoms with E-state index in [9.17, 15) is 4.39 Å². The summed E-state index contributed by atoms with van der Waals surface area (Å²) >= 11 is 0. The Morgan fingerprint density at radius 1 is 1.40 bits per heavy atom. The van der Waals surface area contributed by atoms with E-state index >= 15 is 0 Å². The lowest BCUT2D eigenvalue weighted by Gasteiger charge is -2.25. The molecule has 15 heavy (non-hydrogen) atoms. The molecular weight excluding hydrogens is 193 g/mol. The van der Waals surface area contributed by atoms with E-state index < -0.39 is 0 Å². The molecule has 2 nitrogen and oxygen atoms in total. The summed E-state index contributed by atoms with van der Waals surface area (Å²) in [5.74, 6) is -0.0156. The summed E-state index contributed by atoms with van der Waals surface area (Å²) in [6, 6.07) is 5.11. The average molecular weight is 211 g/mol. The van der Waals surface area contributed by atoms with Gasteiger partial charge in [0.2, 0.25) is 0 Å². The lowest BCUT2D eigenvalue weighted by Crippen LogP contribution is -2.30. The highest BCUT2D eigenvalue weighted by Gasteiger charge is 2.20. The van der Waals surface area contributed by atoms with Gasteiger partial charge in [-0.25, -0.2) is 4.39 Å². The van der Waals surface area contributed by atoms with Crippen LogP contribution in [0.5, 0.6) is 5.75 Å². The van der Waals surface area contributed by atoms with Crippen LogP contribution in [-0.2, 0) is 5.41 Å². The molecule has 3 heteroatoms. The van der Waals surface area contributed by atoms with Crippen LogP contribution < -0.4 is 10.1 Å². The number of halogens is 1. The van der Waals surface area contributed by atoms with Crippen molar-refractivity contribution in [3.05, 3.63) is 29.6 Å². The Kier molecular flexibility index (Phi) is 3.69. The average Bonchev–Trinajstić information content (AvgIpc) is 2.17. The van der Waals surface area contributed by atoms with E-state index in [1.54, 1.807) is 6.07 Å². The predicted molar refractivity (Wildman–Crippen MR) is 59.9 cm³/mol. The van der Waals surface area contributed by atoms with Crippen LogP contribution in [0.25, 0.3) is 0 Å². The molecule has 1 N–H and O–H groups in total. The zero-order valence-electron chi connectivity index (χ0n) is 9.73. The summed E-state index contributed by atoms with van der Waals surface area (Å²) in [5.41, 5.74) is 0.886.